The number of aromatic nitrogens is 2. The van der Waals surface area contributed by atoms with E-state index in [9.17, 15) is 0 Å². The summed E-state index contributed by atoms with van der Waals surface area (Å²) in [6.45, 7) is 0. The van der Waals surface area contributed by atoms with Crippen LogP contribution in [-0.2, 0) is 0 Å². The molecule has 5 heteroatoms. The van der Waals surface area contributed by atoms with Crippen molar-refractivity contribution in [1.29, 1.82) is 0 Å². The van der Waals surface area contributed by atoms with Gasteiger partial charge in [-0.1, -0.05) is 18.9 Å². The molecule has 3 aromatic heterocycles. The number of hydrogen-bond acceptors (Lipinski definition) is 3. The number of anilines is 1. The lowest BCUT2D eigenvalue weighted by Gasteiger charge is -2.14. The average Bonchev–Trinajstić information content (AvgIpc) is 3.20. The van der Waals surface area contributed by atoms with E-state index in [0.717, 1.165) is 21.6 Å². The molecule has 0 bridgehead atoms. The molecule has 1 aliphatic rings. The largest absolute Gasteiger partial charge is 0.367 e. The number of fused-ring (bicyclic) bond motifs is 1. The van der Waals surface area contributed by atoms with E-state index in [1.54, 1.807) is 11.3 Å². The second-order valence-electron chi connectivity index (χ2n) is 5.49. The third kappa shape index (κ3) is 2.49. The van der Waals surface area contributed by atoms with Gasteiger partial charge in [-0.2, -0.15) is 0 Å². The molecule has 3 nitrogen and oxygen atoms in total. The predicted molar refractivity (Wildman–Crippen MR) is 92.1 cm³/mol. The highest BCUT2D eigenvalue weighted by atomic mass is 79.9. The first-order valence-corrected chi connectivity index (χ1v) is 8.96. The molecule has 1 aliphatic carbocycles. The standard InChI is InChI=1S/C16H16BrN3S/c17-11-7-8-14-19-15(13-6-3-9-21-13)16(20(14)10-11)18-12-4-1-2-5-12/h3,6-10,12,18H,1-2,4-5H2. The molecular weight excluding hydrogens is 346 g/mol. The Labute approximate surface area is 136 Å². The fourth-order valence-electron chi connectivity index (χ4n) is 3.01. The highest BCUT2D eigenvalue weighted by molar-refractivity contribution is 9.10. The van der Waals surface area contributed by atoms with Crippen LogP contribution in [-0.4, -0.2) is 15.4 Å². The number of pyridine rings is 1. The van der Waals surface area contributed by atoms with Gasteiger partial charge in [-0.15, -0.1) is 11.3 Å². The Bertz CT molecular complexity index is 757. The normalized spacial score (nSPS) is 15.9. The van der Waals surface area contributed by atoms with Crippen molar-refractivity contribution in [3.63, 3.8) is 0 Å². The van der Waals surface area contributed by atoms with Crippen molar-refractivity contribution < 1.29 is 0 Å². The van der Waals surface area contributed by atoms with E-state index in [0.29, 0.717) is 6.04 Å². The molecule has 4 rings (SSSR count). The van der Waals surface area contributed by atoms with Gasteiger partial charge in [-0.05, 0) is 52.4 Å². The molecular formula is C16H16BrN3S. The molecule has 1 saturated carbocycles. The molecule has 0 radical (unpaired) electrons. The summed E-state index contributed by atoms with van der Waals surface area (Å²) in [5, 5.41) is 5.84. The van der Waals surface area contributed by atoms with Gasteiger partial charge >= 0.3 is 0 Å². The van der Waals surface area contributed by atoms with E-state index in [2.05, 4.69) is 55.4 Å². The van der Waals surface area contributed by atoms with Crippen LogP contribution in [0.1, 0.15) is 25.7 Å². The predicted octanol–water partition coefficient (Wildman–Crippen LogP) is 5.18. The molecule has 0 unspecified atom stereocenters. The first-order valence-electron chi connectivity index (χ1n) is 7.29. The summed E-state index contributed by atoms with van der Waals surface area (Å²) in [5.74, 6) is 1.13. The molecule has 0 spiro atoms. The van der Waals surface area contributed by atoms with Crippen LogP contribution in [0.15, 0.2) is 40.3 Å². The monoisotopic (exact) mass is 361 g/mol. The van der Waals surface area contributed by atoms with Gasteiger partial charge in [0, 0.05) is 16.7 Å². The molecule has 21 heavy (non-hydrogen) atoms. The third-order valence-corrected chi connectivity index (χ3v) is 5.38. The Morgan fingerprint density at radius 2 is 2.10 bits per heavy atom. The van der Waals surface area contributed by atoms with Gasteiger partial charge < -0.3 is 5.32 Å². The molecule has 3 aromatic rings. The molecule has 0 amide bonds. The van der Waals surface area contributed by atoms with Gasteiger partial charge in [0.1, 0.15) is 17.2 Å². The van der Waals surface area contributed by atoms with Crippen LogP contribution in [0.3, 0.4) is 0 Å². The maximum absolute atomic E-state index is 4.83. The van der Waals surface area contributed by atoms with Crippen molar-refractivity contribution in [3.8, 4) is 10.6 Å². The van der Waals surface area contributed by atoms with Crippen molar-refractivity contribution in [2.24, 2.45) is 0 Å². The lowest BCUT2D eigenvalue weighted by Crippen LogP contribution is -2.16. The van der Waals surface area contributed by atoms with E-state index >= 15 is 0 Å². The Morgan fingerprint density at radius 3 is 2.86 bits per heavy atom. The maximum Gasteiger partial charge on any atom is 0.139 e. The van der Waals surface area contributed by atoms with Gasteiger partial charge in [-0.25, -0.2) is 4.98 Å². The number of rotatable bonds is 3. The van der Waals surface area contributed by atoms with Gasteiger partial charge in [0.2, 0.25) is 0 Å². The molecule has 0 atom stereocenters. The second kappa shape index (κ2) is 5.46. The van der Waals surface area contributed by atoms with Crippen molar-refractivity contribution in [2.75, 3.05) is 5.32 Å². The molecule has 3 heterocycles. The Hall–Kier alpha value is -1.33. The maximum atomic E-state index is 4.83. The molecule has 0 aliphatic heterocycles. The van der Waals surface area contributed by atoms with Crippen LogP contribution >= 0.6 is 27.3 Å². The molecule has 1 N–H and O–H groups in total. The van der Waals surface area contributed by atoms with Gasteiger partial charge in [0.25, 0.3) is 0 Å². The van der Waals surface area contributed by atoms with E-state index in [1.807, 2.05) is 6.07 Å². The average molecular weight is 362 g/mol. The zero-order chi connectivity index (χ0) is 14.2. The topological polar surface area (TPSA) is 29.3 Å². The highest BCUT2D eigenvalue weighted by Crippen LogP contribution is 2.34. The summed E-state index contributed by atoms with van der Waals surface area (Å²) in [7, 11) is 0. The van der Waals surface area contributed by atoms with Crippen LogP contribution in [0.5, 0.6) is 0 Å². The van der Waals surface area contributed by atoms with Crippen molar-refractivity contribution in [1.82, 2.24) is 9.38 Å². The molecule has 1 fully saturated rings. The zero-order valence-electron chi connectivity index (χ0n) is 11.6. The van der Waals surface area contributed by atoms with Crippen molar-refractivity contribution in [3.05, 3.63) is 40.3 Å². The Morgan fingerprint density at radius 1 is 1.24 bits per heavy atom. The van der Waals surface area contributed by atoms with Crippen LogP contribution in [0.25, 0.3) is 16.2 Å². The number of halogens is 1. The minimum Gasteiger partial charge on any atom is -0.367 e. The molecule has 0 aromatic carbocycles. The smallest absolute Gasteiger partial charge is 0.139 e. The summed E-state index contributed by atoms with van der Waals surface area (Å²) < 4.78 is 3.23. The quantitative estimate of drug-likeness (QED) is 0.696. The fraction of sp³-hybridized carbons (Fsp3) is 0.312. The first kappa shape index (κ1) is 13.3. The Kier molecular flexibility index (Phi) is 3.47. The first-order chi connectivity index (χ1) is 10.3. The van der Waals surface area contributed by atoms with Crippen molar-refractivity contribution in [2.45, 2.75) is 31.7 Å². The lowest BCUT2D eigenvalue weighted by molar-refractivity contribution is 0.749. The highest BCUT2D eigenvalue weighted by Gasteiger charge is 2.20. The van der Waals surface area contributed by atoms with Gasteiger partial charge in [0.15, 0.2) is 0 Å². The molecule has 0 saturated heterocycles. The summed E-state index contributed by atoms with van der Waals surface area (Å²) in [6, 6.07) is 8.89. The van der Waals surface area contributed by atoms with E-state index < -0.39 is 0 Å². The van der Waals surface area contributed by atoms with Gasteiger partial charge in [0.05, 0.1) is 4.88 Å². The number of nitrogens with one attached hydrogen (secondary N) is 1. The fourth-order valence-corrected chi connectivity index (χ4v) is 4.06. The van der Waals surface area contributed by atoms with Crippen LogP contribution in [0, 0.1) is 0 Å². The van der Waals surface area contributed by atoms with E-state index in [4.69, 9.17) is 4.98 Å². The summed E-state index contributed by atoms with van der Waals surface area (Å²) in [5.41, 5.74) is 2.05. The number of hydrogen-bond donors (Lipinski definition) is 1. The number of imidazole rings is 1. The van der Waals surface area contributed by atoms with Crippen LogP contribution in [0.2, 0.25) is 0 Å². The number of nitrogens with zero attached hydrogens (tertiary/aromatic N) is 2. The third-order valence-electron chi connectivity index (χ3n) is 4.03. The van der Waals surface area contributed by atoms with E-state index in [-0.39, 0.29) is 0 Å². The second-order valence-corrected chi connectivity index (χ2v) is 7.35. The Balaban J connectivity index is 1.86. The van der Waals surface area contributed by atoms with Crippen LogP contribution < -0.4 is 5.32 Å². The van der Waals surface area contributed by atoms with Crippen LogP contribution in [0.4, 0.5) is 5.82 Å². The molecule has 108 valence electrons. The van der Waals surface area contributed by atoms with Crippen molar-refractivity contribution >= 4 is 38.7 Å². The van der Waals surface area contributed by atoms with E-state index in [1.165, 1.54) is 30.6 Å². The minimum absolute atomic E-state index is 0.572. The SMILES string of the molecule is Brc1ccc2nc(-c3cccs3)c(NC3CCCC3)n2c1. The minimum atomic E-state index is 0.572. The summed E-state index contributed by atoms with van der Waals surface area (Å²) >= 11 is 5.30. The van der Waals surface area contributed by atoms with Gasteiger partial charge in [-0.3, -0.25) is 4.40 Å². The zero-order valence-corrected chi connectivity index (χ0v) is 14.0. The number of thiophene rings is 1. The summed E-state index contributed by atoms with van der Waals surface area (Å²) in [4.78, 5) is 6.05. The lowest BCUT2D eigenvalue weighted by atomic mass is 10.2. The summed E-state index contributed by atoms with van der Waals surface area (Å²) in [6.07, 6.45) is 7.26.